The zero-order valence-electron chi connectivity index (χ0n) is 19.3. The first-order valence-electron chi connectivity index (χ1n) is 10.8. The van der Waals surface area contributed by atoms with Gasteiger partial charge in [0.25, 0.3) is 11.8 Å². The summed E-state index contributed by atoms with van der Waals surface area (Å²) in [4.78, 5) is 39.1. The maximum absolute atomic E-state index is 13.2. The van der Waals surface area contributed by atoms with Crippen molar-refractivity contribution in [3.05, 3.63) is 97.5 Å². The summed E-state index contributed by atoms with van der Waals surface area (Å²) in [5.74, 6) is -1.04. The molecule has 1 saturated heterocycles. The second kappa shape index (κ2) is 10.1. The number of carbonyl (C=O) groups is 3. The topological polar surface area (TPSA) is 75.7 Å². The average Bonchev–Trinajstić information content (AvgIpc) is 2.79. The van der Waals surface area contributed by atoms with Crippen molar-refractivity contribution in [1.82, 2.24) is 5.32 Å². The lowest BCUT2D eigenvalue weighted by molar-refractivity contribution is -0.122. The predicted molar refractivity (Wildman–Crippen MR) is 140 cm³/mol. The van der Waals surface area contributed by atoms with Crippen LogP contribution in [0.1, 0.15) is 27.8 Å². The zero-order chi connectivity index (χ0) is 25.3. The van der Waals surface area contributed by atoms with Crippen molar-refractivity contribution in [3.8, 4) is 5.75 Å². The van der Waals surface area contributed by atoms with Crippen LogP contribution in [0.5, 0.6) is 5.75 Å². The van der Waals surface area contributed by atoms with Crippen LogP contribution in [0, 0.1) is 20.8 Å². The zero-order valence-corrected chi connectivity index (χ0v) is 21.7. The first-order chi connectivity index (χ1) is 16.6. The fourth-order valence-corrected chi connectivity index (χ4v) is 4.55. The van der Waals surface area contributed by atoms with Crippen molar-refractivity contribution >= 4 is 57.1 Å². The number of rotatable bonds is 5. The summed E-state index contributed by atoms with van der Waals surface area (Å²) in [6, 6.07) is 15.7. The predicted octanol–water partition coefficient (Wildman–Crippen LogP) is 6.27. The van der Waals surface area contributed by atoms with Crippen LogP contribution in [0.15, 0.2) is 64.6 Å². The Morgan fingerprint density at radius 2 is 1.69 bits per heavy atom. The highest BCUT2D eigenvalue weighted by Gasteiger charge is 2.37. The molecule has 6 nitrogen and oxygen atoms in total. The first-order valence-corrected chi connectivity index (χ1v) is 12.0. The van der Waals surface area contributed by atoms with E-state index in [2.05, 4.69) is 21.2 Å². The van der Waals surface area contributed by atoms with E-state index in [4.69, 9.17) is 16.3 Å². The van der Waals surface area contributed by atoms with Crippen LogP contribution in [0.4, 0.5) is 10.5 Å². The summed E-state index contributed by atoms with van der Waals surface area (Å²) >= 11 is 9.92. The molecule has 3 aromatic rings. The van der Waals surface area contributed by atoms with Gasteiger partial charge in [-0.15, -0.1) is 0 Å². The molecule has 0 unspecified atom stereocenters. The number of anilines is 1. The Hall–Kier alpha value is -3.42. The fraction of sp³-hybridized carbons (Fsp3) is 0.148. The van der Waals surface area contributed by atoms with Crippen LogP contribution in [0.25, 0.3) is 6.08 Å². The van der Waals surface area contributed by atoms with Gasteiger partial charge in [-0.05, 0) is 89.3 Å². The minimum atomic E-state index is -0.792. The third kappa shape index (κ3) is 5.31. The van der Waals surface area contributed by atoms with Crippen molar-refractivity contribution in [2.24, 2.45) is 0 Å². The van der Waals surface area contributed by atoms with Crippen LogP contribution >= 0.6 is 27.5 Å². The number of nitrogens with one attached hydrogen (secondary N) is 1. The first kappa shape index (κ1) is 24.7. The molecular formula is C27H22BrClN2O4. The normalized spacial score (nSPS) is 14.9. The number of carbonyl (C=O) groups excluding carboxylic acids is 3. The minimum Gasteiger partial charge on any atom is -0.486 e. The molecule has 1 heterocycles. The number of halogens is 2. The van der Waals surface area contributed by atoms with E-state index < -0.39 is 17.8 Å². The van der Waals surface area contributed by atoms with Crippen LogP contribution in [0.3, 0.4) is 0 Å². The fourth-order valence-electron chi connectivity index (χ4n) is 3.56. The summed E-state index contributed by atoms with van der Waals surface area (Å²) in [6.45, 7) is 6.16. The summed E-state index contributed by atoms with van der Waals surface area (Å²) < 4.78 is 6.46. The second-order valence-electron chi connectivity index (χ2n) is 8.31. The molecule has 0 aliphatic carbocycles. The van der Waals surface area contributed by atoms with E-state index >= 15 is 0 Å². The van der Waals surface area contributed by atoms with E-state index in [-0.39, 0.29) is 5.57 Å². The molecule has 0 saturated carbocycles. The van der Waals surface area contributed by atoms with E-state index in [1.54, 1.807) is 24.3 Å². The van der Waals surface area contributed by atoms with E-state index in [0.717, 1.165) is 27.2 Å². The third-order valence-corrected chi connectivity index (χ3v) is 6.56. The number of hydrogen-bond acceptors (Lipinski definition) is 4. The van der Waals surface area contributed by atoms with Crippen LogP contribution in [0.2, 0.25) is 5.02 Å². The van der Waals surface area contributed by atoms with Gasteiger partial charge in [-0.3, -0.25) is 14.9 Å². The third-order valence-electron chi connectivity index (χ3n) is 5.69. The van der Waals surface area contributed by atoms with Gasteiger partial charge in [0, 0.05) is 0 Å². The number of hydrogen-bond donors (Lipinski definition) is 1. The number of benzene rings is 3. The van der Waals surface area contributed by atoms with Crippen molar-refractivity contribution in [3.63, 3.8) is 0 Å². The Balaban J connectivity index is 1.61. The summed E-state index contributed by atoms with van der Waals surface area (Å²) in [5, 5.41) is 2.54. The summed E-state index contributed by atoms with van der Waals surface area (Å²) in [5.41, 5.74) is 4.79. The smallest absolute Gasteiger partial charge is 0.335 e. The number of imide groups is 2. The van der Waals surface area contributed by atoms with Crippen LogP contribution in [-0.2, 0) is 16.2 Å². The lowest BCUT2D eigenvalue weighted by Crippen LogP contribution is -2.54. The van der Waals surface area contributed by atoms with Gasteiger partial charge in [-0.25, -0.2) is 9.69 Å². The Morgan fingerprint density at radius 3 is 2.34 bits per heavy atom. The van der Waals surface area contributed by atoms with E-state index in [1.165, 1.54) is 6.08 Å². The van der Waals surface area contributed by atoms with Crippen molar-refractivity contribution in [2.45, 2.75) is 27.4 Å². The molecule has 0 spiro atoms. The van der Waals surface area contributed by atoms with Gasteiger partial charge in [-0.1, -0.05) is 47.5 Å². The van der Waals surface area contributed by atoms with Gasteiger partial charge in [0.15, 0.2) is 5.75 Å². The van der Waals surface area contributed by atoms with Crippen LogP contribution < -0.4 is 15.0 Å². The average molecular weight is 554 g/mol. The number of urea groups is 1. The monoisotopic (exact) mass is 552 g/mol. The summed E-state index contributed by atoms with van der Waals surface area (Å²) in [6.07, 6.45) is 1.40. The maximum Gasteiger partial charge on any atom is 0.335 e. The molecule has 3 aromatic carbocycles. The lowest BCUT2D eigenvalue weighted by Gasteiger charge is -2.27. The molecule has 35 heavy (non-hydrogen) atoms. The van der Waals surface area contributed by atoms with Crippen molar-refractivity contribution in [2.75, 3.05) is 4.90 Å². The molecule has 4 rings (SSSR count). The highest BCUT2D eigenvalue weighted by molar-refractivity contribution is 9.10. The number of amides is 4. The Kier molecular flexibility index (Phi) is 7.10. The maximum atomic E-state index is 13.2. The number of ether oxygens (including phenoxy) is 1. The quantitative estimate of drug-likeness (QED) is 0.298. The molecule has 1 N–H and O–H groups in total. The molecule has 1 aliphatic heterocycles. The van der Waals surface area contributed by atoms with Gasteiger partial charge in [0.2, 0.25) is 0 Å². The molecule has 0 aromatic heterocycles. The molecule has 178 valence electrons. The van der Waals surface area contributed by atoms with Gasteiger partial charge in [-0.2, -0.15) is 0 Å². The van der Waals surface area contributed by atoms with E-state index in [1.807, 2.05) is 51.1 Å². The largest absolute Gasteiger partial charge is 0.486 e. The highest BCUT2D eigenvalue weighted by atomic mass is 79.9. The number of aryl methyl sites for hydroxylation is 3. The van der Waals surface area contributed by atoms with Gasteiger partial charge in [0.1, 0.15) is 12.2 Å². The van der Waals surface area contributed by atoms with E-state index in [0.29, 0.717) is 33.1 Å². The molecule has 1 aliphatic rings. The summed E-state index contributed by atoms with van der Waals surface area (Å²) in [7, 11) is 0. The minimum absolute atomic E-state index is 0.181. The molecule has 0 radical (unpaired) electrons. The Bertz CT molecular complexity index is 1360. The Morgan fingerprint density at radius 1 is 0.971 bits per heavy atom. The van der Waals surface area contributed by atoms with E-state index in [9.17, 15) is 14.4 Å². The number of nitrogens with zero attached hydrogens (tertiary/aromatic N) is 1. The molecule has 0 bridgehead atoms. The number of barbiturate groups is 1. The van der Waals surface area contributed by atoms with Crippen molar-refractivity contribution in [1.29, 1.82) is 0 Å². The van der Waals surface area contributed by atoms with Gasteiger partial charge >= 0.3 is 6.03 Å². The molecule has 4 amide bonds. The standard InChI is InChI=1S/C27H22BrClN2O4/c1-15-4-7-18(8-5-15)14-35-24-22(28)12-19(13-23(24)29)11-21-25(32)30-27(34)31(26(21)33)20-9-6-16(2)17(3)10-20/h4-13H,14H2,1-3H3,(H,30,32,34)/b21-11+. The SMILES string of the molecule is Cc1ccc(COc2c(Cl)cc(/C=C3\C(=O)NC(=O)N(c4ccc(C)c(C)c4)C3=O)cc2Br)cc1. The molecule has 8 heteroatoms. The lowest BCUT2D eigenvalue weighted by atomic mass is 10.0. The Labute approximate surface area is 216 Å². The van der Waals surface area contributed by atoms with Gasteiger partial charge < -0.3 is 4.74 Å². The van der Waals surface area contributed by atoms with Crippen LogP contribution in [-0.4, -0.2) is 17.8 Å². The molecular weight excluding hydrogens is 532 g/mol. The highest BCUT2D eigenvalue weighted by Crippen LogP contribution is 2.36. The van der Waals surface area contributed by atoms with Crippen molar-refractivity contribution < 1.29 is 19.1 Å². The second-order valence-corrected chi connectivity index (χ2v) is 9.58. The molecule has 1 fully saturated rings. The molecule has 0 atom stereocenters. The van der Waals surface area contributed by atoms with Gasteiger partial charge in [0.05, 0.1) is 15.2 Å².